The Bertz CT molecular complexity index is 518. The third kappa shape index (κ3) is 2.20. The monoisotopic (exact) mass is 229 g/mol. The zero-order valence-electron chi connectivity index (χ0n) is 9.47. The molecule has 1 unspecified atom stereocenters. The zero-order chi connectivity index (χ0) is 11.5. The van der Waals surface area contributed by atoms with Crippen molar-refractivity contribution in [1.82, 2.24) is 0 Å². The summed E-state index contributed by atoms with van der Waals surface area (Å²) < 4.78 is 12.3. The molecule has 0 radical (unpaired) electrons. The van der Waals surface area contributed by atoms with Crippen molar-refractivity contribution in [2.24, 2.45) is 0 Å². The quantitative estimate of drug-likeness (QED) is 0.723. The molecule has 0 aliphatic rings. The van der Waals surface area contributed by atoms with Crippen molar-refractivity contribution in [2.45, 2.75) is 13.8 Å². The summed E-state index contributed by atoms with van der Waals surface area (Å²) in [6, 6.07) is 15.7. The van der Waals surface area contributed by atoms with E-state index in [0.717, 1.165) is 16.2 Å². The van der Waals surface area contributed by atoms with Crippen molar-refractivity contribution in [3.05, 3.63) is 59.7 Å². The summed E-state index contributed by atoms with van der Waals surface area (Å²) in [6.45, 7) is 4.06. The maximum Gasteiger partial charge on any atom is 0.415 e. The van der Waals surface area contributed by atoms with Crippen molar-refractivity contribution in [1.29, 1.82) is 0 Å². The Morgan fingerprint density at radius 1 is 0.938 bits per heavy atom. The number of benzene rings is 2. The van der Waals surface area contributed by atoms with Crippen LogP contribution in [0.2, 0.25) is 0 Å². The molecule has 2 heteroatoms. The highest BCUT2D eigenvalue weighted by molar-refractivity contribution is 7.61. The minimum atomic E-state index is -1.45. The maximum absolute atomic E-state index is 12.3. The van der Waals surface area contributed by atoms with Gasteiger partial charge in [-0.3, -0.25) is 0 Å². The third-order valence-electron chi connectivity index (χ3n) is 2.56. The predicted octanol–water partition coefficient (Wildman–Crippen LogP) is 3.08. The molecule has 0 N–H and O–H groups in total. The highest BCUT2D eigenvalue weighted by Gasteiger charge is 2.24. The molecule has 0 saturated carbocycles. The van der Waals surface area contributed by atoms with E-state index >= 15 is 0 Å². The smallest absolute Gasteiger partial charge is 0.0619 e. The Labute approximate surface area is 96.9 Å². The van der Waals surface area contributed by atoms with Gasteiger partial charge in [0.25, 0.3) is 0 Å². The van der Waals surface area contributed by atoms with E-state index in [1.165, 1.54) is 5.56 Å². The van der Waals surface area contributed by atoms with Gasteiger partial charge in [-0.15, -0.1) is 0 Å². The van der Waals surface area contributed by atoms with Gasteiger partial charge < -0.3 is 0 Å². The first-order valence-electron chi connectivity index (χ1n) is 5.28. The van der Waals surface area contributed by atoms with Crippen molar-refractivity contribution in [3.8, 4) is 0 Å². The lowest BCUT2D eigenvalue weighted by molar-refractivity contribution is 0.598. The van der Waals surface area contributed by atoms with Gasteiger partial charge in [0.2, 0.25) is 0 Å². The molecule has 80 valence electrons. The maximum atomic E-state index is 12.3. The molecule has 0 saturated heterocycles. The highest BCUT2D eigenvalue weighted by atomic mass is 31.1. The normalized spacial score (nSPS) is 11.2. The largest absolute Gasteiger partial charge is 0.415 e. The fourth-order valence-corrected chi connectivity index (χ4v) is 3.05. The van der Waals surface area contributed by atoms with Crippen LogP contribution < -0.4 is 10.6 Å². The molecule has 0 aliphatic carbocycles. The molecule has 2 rings (SSSR count). The van der Waals surface area contributed by atoms with Crippen LogP contribution in [-0.2, 0) is 4.57 Å². The van der Waals surface area contributed by atoms with Gasteiger partial charge in [-0.2, -0.15) is 0 Å². The molecule has 0 amide bonds. The van der Waals surface area contributed by atoms with Crippen LogP contribution in [0.1, 0.15) is 11.1 Å². The van der Waals surface area contributed by atoms with Crippen LogP contribution in [0.25, 0.3) is 0 Å². The second-order valence-electron chi connectivity index (χ2n) is 3.92. The van der Waals surface area contributed by atoms with E-state index < -0.39 is 7.80 Å². The molecule has 0 bridgehead atoms. The van der Waals surface area contributed by atoms with E-state index in [1.807, 2.05) is 56.3 Å². The average molecular weight is 229 g/mol. The molecule has 2 aromatic rings. The van der Waals surface area contributed by atoms with Crippen molar-refractivity contribution >= 4 is 18.4 Å². The van der Waals surface area contributed by atoms with Gasteiger partial charge in [-0.05, 0) is 32.0 Å². The Morgan fingerprint density at radius 2 is 1.62 bits per heavy atom. The lowest BCUT2D eigenvalue weighted by Gasteiger charge is -1.96. The summed E-state index contributed by atoms with van der Waals surface area (Å²) in [7, 11) is -1.45. The molecular formula is C14H14OP+. The van der Waals surface area contributed by atoms with Gasteiger partial charge in [0.15, 0.2) is 10.6 Å². The highest BCUT2D eigenvalue weighted by Crippen LogP contribution is 2.21. The van der Waals surface area contributed by atoms with E-state index in [9.17, 15) is 4.57 Å². The van der Waals surface area contributed by atoms with E-state index in [-0.39, 0.29) is 0 Å². The summed E-state index contributed by atoms with van der Waals surface area (Å²) >= 11 is 0. The van der Waals surface area contributed by atoms with Crippen molar-refractivity contribution in [2.75, 3.05) is 0 Å². The topological polar surface area (TPSA) is 17.1 Å². The first-order valence-corrected chi connectivity index (χ1v) is 6.54. The zero-order valence-corrected chi connectivity index (χ0v) is 10.4. The Hall–Kier alpha value is -1.46. The predicted molar refractivity (Wildman–Crippen MR) is 69.2 cm³/mol. The Kier molecular flexibility index (Phi) is 3.17. The van der Waals surface area contributed by atoms with Crippen molar-refractivity contribution < 1.29 is 4.57 Å². The summed E-state index contributed by atoms with van der Waals surface area (Å²) in [4.78, 5) is 0. The Morgan fingerprint density at radius 3 is 2.25 bits per heavy atom. The SMILES string of the molecule is Cc1ccc([P+](=O)c2ccccc2)c(C)c1. The lowest BCUT2D eigenvalue weighted by atomic mass is 10.2. The second-order valence-corrected chi connectivity index (χ2v) is 5.51. The standard InChI is InChI=1S/C14H14OP/c1-11-8-9-14(12(2)10-11)16(15)13-6-4-3-5-7-13/h3-10H,1-2H3/q+1. The molecule has 1 nitrogen and oxygen atoms in total. The average Bonchev–Trinajstić information content (AvgIpc) is 2.29. The van der Waals surface area contributed by atoms with E-state index in [1.54, 1.807) is 0 Å². The number of hydrogen-bond donors (Lipinski definition) is 0. The lowest BCUT2D eigenvalue weighted by Crippen LogP contribution is -2.09. The molecule has 0 fully saturated rings. The van der Waals surface area contributed by atoms with Gasteiger partial charge >= 0.3 is 7.80 Å². The van der Waals surface area contributed by atoms with E-state index in [0.29, 0.717) is 0 Å². The van der Waals surface area contributed by atoms with Gasteiger partial charge in [0.1, 0.15) is 0 Å². The van der Waals surface area contributed by atoms with E-state index in [4.69, 9.17) is 0 Å². The van der Waals surface area contributed by atoms with Crippen LogP contribution >= 0.6 is 7.80 Å². The minimum absolute atomic E-state index is 0.893. The van der Waals surface area contributed by atoms with Gasteiger partial charge in [0.05, 0.1) is 0 Å². The molecule has 0 heterocycles. The van der Waals surface area contributed by atoms with Gasteiger partial charge in [-0.25, -0.2) is 0 Å². The van der Waals surface area contributed by atoms with Crippen LogP contribution in [0.4, 0.5) is 0 Å². The summed E-state index contributed by atoms with van der Waals surface area (Å²) in [5.41, 5.74) is 2.31. The van der Waals surface area contributed by atoms with Crippen LogP contribution in [0, 0.1) is 13.8 Å². The second kappa shape index (κ2) is 4.59. The van der Waals surface area contributed by atoms with Crippen molar-refractivity contribution in [3.63, 3.8) is 0 Å². The Balaban J connectivity index is 2.42. The number of hydrogen-bond acceptors (Lipinski definition) is 1. The van der Waals surface area contributed by atoms with Gasteiger partial charge in [-0.1, -0.05) is 40.5 Å². The first-order chi connectivity index (χ1) is 7.68. The van der Waals surface area contributed by atoms with Crippen LogP contribution in [0.15, 0.2) is 48.5 Å². The van der Waals surface area contributed by atoms with E-state index in [2.05, 4.69) is 6.07 Å². The summed E-state index contributed by atoms with van der Waals surface area (Å²) in [6.07, 6.45) is 0. The molecule has 2 aromatic carbocycles. The first kappa shape index (κ1) is 11.0. The summed E-state index contributed by atoms with van der Waals surface area (Å²) in [5.74, 6) is 0. The molecule has 1 atom stereocenters. The van der Waals surface area contributed by atoms with Crippen LogP contribution in [0.5, 0.6) is 0 Å². The number of aryl methyl sites for hydroxylation is 2. The molecule has 16 heavy (non-hydrogen) atoms. The summed E-state index contributed by atoms with van der Waals surface area (Å²) in [5, 5.41) is 1.83. The number of rotatable bonds is 2. The molecule has 0 aromatic heterocycles. The third-order valence-corrected chi connectivity index (χ3v) is 4.27. The van der Waals surface area contributed by atoms with Gasteiger partial charge in [0, 0.05) is 5.56 Å². The minimum Gasteiger partial charge on any atom is -0.0619 e. The fraction of sp³-hybridized carbons (Fsp3) is 0.143. The van der Waals surface area contributed by atoms with Crippen LogP contribution in [-0.4, -0.2) is 0 Å². The molecular weight excluding hydrogens is 215 g/mol. The fourth-order valence-electron chi connectivity index (χ4n) is 1.74. The van der Waals surface area contributed by atoms with Crippen LogP contribution in [0.3, 0.4) is 0 Å². The molecule has 0 spiro atoms. The molecule has 0 aliphatic heterocycles.